The molecule has 0 aliphatic heterocycles. The third kappa shape index (κ3) is 4.91. The molecule has 1 rings (SSSR count). The summed E-state index contributed by atoms with van der Waals surface area (Å²) in [5.74, 6) is -1.92. The Morgan fingerprint density at radius 1 is 1.20 bits per heavy atom. The van der Waals surface area contributed by atoms with E-state index in [1.807, 2.05) is 0 Å². The molecule has 1 unspecified atom stereocenters. The monoisotopic (exact) mass is 277 g/mol. The Morgan fingerprint density at radius 2 is 1.80 bits per heavy atom. The largest absolute Gasteiger partial charge is 0.381 e. The van der Waals surface area contributed by atoms with Crippen LogP contribution >= 0.6 is 0 Å². The van der Waals surface area contributed by atoms with E-state index in [4.69, 9.17) is 16.6 Å². The van der Waals surface area contributed by atoms with Gasteiger partial charge in [0.1, 0.15) is 6.10 Å². The molecule has 0 aromatic heterocycles. The van der Waals surface area contributed by atoms with Crippen molar-refractivity contribution in [1.82, 2.24) is 5.32 Å². The minimum Gasteiger partial charge on any atom is -0.381 e. The second-order valence-electron chi connectivity index (χ2n) is 3.98. The molecule has 0 saturated heterocycles. The van der Waals surface area contributed by atoms with Crippen molar-refractivity contribution in [2.75, 3.05) is 6.54 Å². The van der Waals surface area contributed by atoms with Crippen LogP contribution in [-0.4, -0.2) is 35.5 Å². The van der Waals surface area contributed by atoms with Crippen LogP contribution in [0.4, 0.5) is 0 Å². The highest BCUT2D eigenvalue weighted by Crippen LogP contribution is 2.05. The summed E-state index contributed by atoms with van der Waals surface area (Å²) in [5.41, 5.74) is 11.0. The number of hydrogen-bond donors (Lipinski definition) is 4. The standard InChI is InChI=1S/C13H15N3O4/c14-12(19)9-4-1-8(2-5-9)3-6-11(18)16-7-10(17)13(15)20/h1-6,10,17H,7H2,(H2,14,19)(H2,15,20)(H,16,18)/b6-3+. The summed E-state index contributed by atoms with van der Waals surface area (Å²) in [6.07, 6.45) is 1.33. The molecule has 1 atom stereocenters. The highest BCUT2D eigenvalue weighted by atomic mass is 16.3. The quantitative estimate of drug-likeness (QED) is 0.483. The molecule has 1 aromatic carbocycles. The first-order chi connectivity index (χ1) is 9.40. The fourth-order valence-electron chi connectivity index (χ4n) is 1.29. The molecule has 0 aliphatic rings. The van der Waals surface area contributed by atoms with E-state index >= 15 is 0 Å². The van der Waals surface area contributed by atoms with Crippen molar-refractivity contribution >= 4 is 23.8 Å². The molecule has 1 aromatic rings. The van der Waals surface area contributed by atoms with Gasteiger partial charge in [0, 0.05) is 11.6 Å². The van der Waals surface area contributed by atoms with Crippen LogP contribution in [0.1, 0.15) is 15.9 Å². The molecule has 7 heteroatoms. The van der Waals surface area contributed by atoms with Gasteiger partial charge in [0.15, 0.2) is 0 Å². The van der Waals surface area contributed by atoms with Crippen LogP contribution in [0, 0.1) is 0 Å². The molecule has 20 heavy (non-hydrogen) atoms. The number of nitrogens with one attached hydrogen (secondary N) is 1. The second-order valence-corrected chi connectivity index (χ2v) is 3.98. The summed E-state index contributed by atoms with van der Waals surface area (Å²) in [6, 6.07) is 6.33. The Kier molecular flexibility index (Phi) is 5.42. The Bertz CT molecular complexity index is 537. The highest BCUT2D eigenvalue weighted by molar-refractivity contribution is 5.94. The lowest BCUT2D eigenvalue weighted by Crippen LogP contribution is -2.39. The van der Waals surface area contributed by atoms with E-state index in [0.29, 0.717) is 11.1 Å². The first-order valence-electron chi connectivity index (χ1n) is 5.73. The van der Waals surface area contributed by atoms with Gasteiger partial charge in [-0.3, -0.25) is 14.4 Å². The number of aliphatic hydroxyl groups excluding tert-OH is 1. The molecular weight excluding hydrogens is 262 g/mol. The average molecular weight is 277 g/mol. The summed E-state index contributed by atoms with van der Waals surface area (Å²) in [6.45, 7) is -0.251. The fourth-order valence-corrected chi connectivity index (χ4v) is 1.29. The molecule has 0 heterocycles. The van der Waals surface area contributed by atoms with Crippen molar-refractivity contribution in [1.29, 1.82) is 0 Å². The Labute approximate surface area is 115 Å². The smallest absolute Gasteiger partial charge is 0.248 e. The van der Waals surface area contributed by atoms with Crippen LogP contribution in [0.2, 0.25) is 0 Å². The van der Waals surface area contributed by atoms with Crippen LogP contribution in [-0.2, 0) is 9.59 Å². The summed E-state index contributed by atoms with van der Waals surface area (Å²) in [5, 5.41) is 11.4. The van der Waals surface area contributed by atoms with E-state index in [1.54, 1.807) is 12.1 Å². The number of amides is 3. The Balaban J connectivity index is 2.53. The molecule has 0 bridgehead atoms. The molecule has 106 valence electrons. The van der Waals surface area contributed by atoms with Crippen LogP contribution in [0.25, 0.3) is 6.08 Å². The number of aliphatic hydroxyl groups is 1. The lowest BCUT2D eigenvalue weighted by molar-refractivity contribution is -0.126. The van der Waals surface area contributed by atoms with Gasteiger partial charge in [-0.05, 0) is 23.8 Å². The maximum atomic E-state index is 11.4. The molecular formula is C13H15N3O4. The Hall–Kier alpha value is -2.67. The summed E-state index contributed by atoms with van der Waals surface area (Å²) in [7, 11) is 0. The maximum absolute atomic E-state index is 11.4. The predicted molar refractivity (Wildman–Crippen MR) is 72.2 cm³/mol. The van der Waals surface area contributed by atoms with E-state index in [0.717, 1.165) is 0 Å². The van der Waals surface area contributed by atoms with Gasteiger partial charge in [0.05, 0.1) is 6.54 Å². The molecule has 0 saturated carbocycles. The third-order valence-electron chi connectivity index (χ3n) is 2.42. The molecule has 0 fully saturated rings. The van der Waals surface area contributed by atoms with E-state index in [2.05, 4.69) is 5.32 Å². The predicted octanol–water partition coefficient (Wildman–Crippen LogP) is -1.24. The molecule has 0 radical (unpaired) electrons. The van der Waals surface area contributed by atoms with Crippen LogP contribution in [0.3, 0.4) is 0 Å². The Morgan fingerprint density at radius 3 is 2.30 bits per heavy atom. The van der Waals surface area contributed by atoms with E-state index < -0.39 is 23.8 Å². The van der Waals surface area contributed by atoms with Gasteiger partial charge in [0.2, 0.25) is 17.7 Å². The lowest BCUT2D eigenvalue weighted by Gasteiger charge is -2.06. The molecule has 3 amide bonds. The summed E-state index contributed by atoms with van der Waals surface area (Å²) >= 11 is 0. The van der Waals surface area contributed by atoms with Crippen molar-refractivity contribution in [3.05, 3.63) is 41.5 Å². The first kappa shape index (κ1) is 15.4. The highest BCUT2D eigenvalue weighted by Gasteiger charge is 2.10. The van der Waals surface area contributed by atoms with Crippen LogP contribution in [0.5, 0.6) is 0 Å². The van der Waals surface area contributed by atoms with Crippen LogP contribution < -0.4 is 16.8 Å². The summed E-state index contributed by atoms with van der Waals surface area (Å²) < 4.78 is 0. The lowest BCUT2D eigenvalue weighted by atomic mass is 10.1. The van der Waals surface area contributed by atoms with Gasteiger partial charge in [0.25, 0.3) is 0 Å². The van der Waals surface area contributed by atoms with E-state index in [9.17, 15) is 14.4 Å². The van der Waals surface area contributed by atoms with Crippen LogP contribution in [0.15, 0.2) is 30.3 Å². The summed E-state index contributed by atoms with van der Waals surface area (Å²) in [4.78, 5) is 32.8. The van der Waals surface area contributed by atoms with Gasteiger partial charge in [-0.2, -0.15) is 0 Å². The normalized spacial score (nSPS) is 12.1. The van der Waals surface area contributed by atoms with Crippen molar-refractivity contribution in [3.63, 3.8) is 0 Å². The molecule has 0 aliphatic carbocycles. The minimum atomic E-state index is -1.41. The van der Waals surface area contributed by atoms with Crippen molar-refractivity contribution < 1.29 is 19.5 Å². The SMILES string of the molecule is NC(=O)c1ccc(/C=C/C(=O)NCC(O)C(N)=O)cc1. The van der Waals surface area contributed by atoms with Gasteiger partial charge in [-0.25, -0.2) is 0 Å². The van der Waals surface area contributed by atoms with E-state index in [-0.39, 0.29) is 6.54 Å². The zero-order valence-electron chi connectivity index (χ0n) is 10.6. The van der Waals surface area contributed by atoms with Gasteiger partial charge in [-0.1, -0.05) is 12.1 Å². The second kappa shape index (κ2) is 7.05. The van der Waals surface area contributed by atoms with Crippen molar-refractivity contribution in [2.45, 2.75) is 6.10 Å². The number of hydrogen-bond acceptors (Lipinski definition) is 4. The number of nitrogens with two attached hydrogens (primary N) is 2. The maximum Gasteiger partial charge on any atom is 0.248 e. The van der Waals surface area contributed by atoms with Crippen molar-refractivity contribution in [2.24, 2.45) is 11.5 Å². The number of primary amides is 2. The zero-order valence-corrected chi connectivity index (χ0v) is 10.6. The molecule has 0 spiro atoms. The van der Waals surface area contributed by atoms with E-state index in [1.165, 1.54) is 24.3 Å². The zero-order chi connectivity index (χ0) is 15.1. The van der Waals surface area contributed by atoms with Crippen molar-refractivity contribution in [3.8, 4) is 0 Å². The topological polar surface area (TPSA) is 136 Å². The number of benzene rings is 1. The number of carbonyl (C=O) groups excluding carboxylic acids is 3. The van der Waals surface area contributed by atoms with Gasteiger partial charge >= 0.3 is 0 Å². The van der Waals surface area contributed by atoms with Gasteiger partial charge in [-0.15, -0.1) is 0 Å². The first-order valence-corrected chi connectivity index (χ1v) is 5.73. The molecule has 6 N–H and O–H groups in total. The number of carbonyl (C=O) groups is 3. The van der Waals surface area contributed by atoms with Gasteiger partial charge < -0.3 is 21.9 Å². The average Bonchev–Trinajstić information content (AvgIpc) is 2.42. The number of rotatable bonds is 6. The molecule has 7 nitrogen and oxygen atoms in total. The fraction of sp³-hybridized carbons (Fsp3) is 0.154. The minimum absolute atomic E-state index is 0.251. The third-order valence-corrected chi connectivity index (χ3v) is 2.42.